The quantitative estimate of drug-likeness (QED) is 0.0724. The molecular weight excluding hydrogens is 524 g/mol. The van der Waals surface area contributed by atoms with Gasteiger partial charge in [0.25, 0.3) is 0 Å². The summed E-state index contributed by atoms with van der Waals surface area (Å²) in [6.07, 6.45) is 22.1. The average molecular weight is 561 g/mol. The highest BCUT2D eigenvalue weighted by molar-refractivity contribution is 9.39. The van der Waals surface area contributed by atoms with E-state index in [1.54, 1.807) is 0 Å². The molecule has 5 heteroatoms. The van der Waals surface area contributed by atoms with Crippen molar-refractivity contribution in [3.63, 3.8) is 0 Å². The number of alkyl halides is 3. The van der Waals surface area contributed by atoms with E-state index in [0.717, 1.165) is 19.3 Å². The maximum Gasteiger partial charge on any atom is 0.330 e. The molecule has 0 aliphatic carbocycles. The molecule has 0 N–H and O–H groups in total. The van der Waals surface area contributed by atoms with Gasteiger partial charge in [0.15, 0.2) is 0 Å². The third-order valence-electron chi connectivity index (χ3n) is 4.52. The van der Waals surface area contributed by atoms with Gasteiger partial charge in [-0.25, -0.2) is 4.79 Å². The van der Waals surface area contributed by atoms with Gasteiger partial charge in [-0.1, -0.05) is 144 Å². The molecule has 0 amide bonds. The first-order chi connectivity index (χ1) is 12.5. The molecule has 0 rings (SSSR count). The third kappa shape index (κ3) is 22.7. The Morgan fingerprint density at radius 1 is 0.692 bits per heavy atom. The van der Waals surface area contributed by atoms with E-state index in [2.05, 4.69) is 54.4 Å². The Bertz CT molecular complexity index is 341. The molecule has 26 heavy (non-hydrogen) atoms. The summed E-state index contributed by atoms with van der Waals surface area (Å²) in [7, 11) is 0. The fraction of sp³-hybridized carbons (Fsp3) is 0.857. The molecule has 0 spiro atoms. The van der Waals surface area contributed by atoms with Crippen molar-refractivity contribution in [3.05, 3.63) is 12.7 Å². The zero-order chi connectivity index (χ0) is 19.5. The number of ether oxygens (including phenoxy) is 1. The molecule has 0 saturated heterocycles. The normalized spacial score (nSPS) is 11.5. The Morgan fingerprint density at radius 2 is 1.04 bits per heavy atom. The smallest absolute Gasteiger partial charge is 0.330 e. The third-order valence-corrected chi connectivity index (χ3v) is 5.71. The average Bonchev–Trinajstić information content (AvgIpc) is 2.59. The van der Waals surface area contributed by atoms with Crippen LogP contribution >= 0.6 is 47.8 Å². The standard InChI is InChI=1S/C21H37Br3O2/c1-2-20(25)26-19-17-15-13-11-9-7-5-3-4-6-8-10-12-14-16-18-21(22,23)24/h2H,1,3-19H2. The van der Waals surface area contributed by atoms with Crippen molar-refractivity contribution in [3.8, 4) is 0 Å². The summed E-state index contributed by atoms with van der Waals surface area (Å²) in [5.41, 5.74) is 0. The van der Waals surface area contributed by atoms with Crippen molar-refractivity contribution in [2.75, 3.05) is 6.61 Å². The van der Waals surface area contributed by atoms with Crippen LogP contribution in [0.2, 0.25) is 0 Å². The van der Waals surface area contributed by atoms with Gasteiger partial charge in [0.1, 0.15) is 2.14 Å². The van der Waals surface area contributed by atoms with Crippen molar-refractivity contribution in [1.29, 1.82) is 0 Å². The summed E-state index contributed by atoms with van der Waals surface area (Å²) in [6, 6.07) is 0. The van der Waals surface area contributed by atoms with Crippen LogP contribution < -0.4 is 0 Å². The van der Waals surface area contributed by atoms with Crippen molar-refractivity contribution < 1.29 is 9.53 Å². The van der Waals surface area contributed by atoms with Crippen LogP contribution in [0.4, 0.5) is 0 Å². The molecule has 0 saturated carbocycles. The molecule has 0 aliphatic rings. The summed E-state index contributed by atoms with van der Waals surface area (Å²) in [4.78, 5) is 10.9. The van der Waals surface area contributed by atoms with E-state index in [1.807, 2.05) is 0 Å². The highest BCUT2D eigenvalue weighted by Gasteiger charge is 2.15. The molecule has 154 valence electrons. The fourth-order valence-corrected chi connectivity index (χ4v) is 3.80. The van der Waals surface area contributed by atoms with Crippen LogP contribution in [0.1, 0.15) is 103 Å². The molecule has 0 bridgehead atoms. The summed E-state index contributed by atoms with van der Waals surface area (Å²) in [5, 5.41) is 0. The van der Waals surface area contributed by atoms with Gasteiger partial charge in [-0.15, -0.1) is 0 Å². The lowest BCUT2D eigenvalue weighted by Gasteiger charge is -2.10. The summed E-state index contributed by atoms with van der Waals surface area (Å²) >= 11 is 10.6. The van der Waals surface area contributed by atoms with E-state index in [1.165, 1.54) is 89.5 Å². The molecule has 2 nitrogen and oxygen atoms in total. The Labute approximate surface area is 186 Å². The lowest BCUT2D eigenvalue weighted by Crippen LogP contribution is -2.01. The SMILES string of the molecule is C=CC(=O)OCCCCCCCCCCCCCCCCCC(Br)(Br)Br. The van der Waals surface area contributed by atoms with E-state index >= 15 is 0 Å². The fourth-order valence-electron chi connectivity index (χ4n) is 2.96. The van der Waals surface area contributed by atoms with E-state index in [9.17, 15) is 4.79 Å². The molecule has 0 aromatic heterocycles. The lowest BCUT2D eigenvalue weighted by atomic mass is 10.0. The van der Waals surface area contributed by atoms with Crippen LogP contribution in [0.3, 0.4) is 0 Å². The van der Waals surface area contributed by atoms with Crippen molar-refractivity contribution >= 4 is 53.8 Å². The number of rotatable bonds is 18. The topological polar surface area (TPSA) is 26.3 Å². The number of carbonyl (C=O) groups is 1. The minimum absolute atomic E-state index is 0.0484. The minimum Gasteiger partial charge on any atom is -0.463 e. The van der Waals surface area contributed by atoms with Gasteiger partial charge in [-0.2, -0.15) is 0 Å². The van der Waals surface area contributed by atoms with Crippen LogP contribution in [-0.4, -0.2) is 14.7 Å². The second-order valence-electron chi connectivity index (χ2n) is 7.04. The monoisotopic (exact) mass is 558 g/mol. The van der Waals surface area contributed by atoms with Crippen molar-refractivity contribution in [2.24, 2.45) is 0 Å². The first-order valence-corrected chi connectivity index (χ1v) is 12.7. The van der Waals surface area contributed by atoms with Gasteiger partial charge in [0.05, 0.1) is 6.61 Å². The minimum atomic E-state index is -0.306. The number of carbonyl (C=O) groups excluding carboxylic acids is 1. The second kappa shape index (κ2) is 19.0. The van der Waals surface area contributed by atoms with Gasteiger partial charge in [-0.05, 0) is 12.8 Å². The predicted molar refractivity (Wildman–Crippen MR) is 125 cm³/mol. The maximum absolute atomic E-state index is 10.9. The zero-order valence-corrected chi connectivity index (χ0v) is 21.0. The lowest BCUT2D eigenvalue weighted by molar-refractivity contribution is -0.137. The summed E-state index contributed by atoms with van der Waals surface area (Å²) < 4.78 is 4.91. The molecule has 0 fully saturated rings. The number of hydrogen-bond donors (Lipinski definition) is 0. The van der Waals surface area contributed by atoms with Crippen molar-refractivity contribution in [1.82, 2.24) is 0 Å². The van der Waals surface area contributed by atoms with Crippen LogP contribution in [0.5, 0.6) is 0 Å². The van der Waals surface area contributed by atoms with Gasteiger partial charge in [0, 0.05) is 6.08 Å². The molecule has 0 atom stereocenters. The van der Waals surface area contributed by atoms with E-state index < -0.39 is 0 Å². The van der Waals surface area contributed by atoms with E-state index in [0.29, 0.717) is 6.61 Å². The number of halogens is 3. The van der Waals surface area contributed by atoms with Gasteiger partial charge >= 0.3 is 5.97 Å². The summed E-state index contributed by atoms with van der Waals surface area (Å²) in [6.45, 7) is 3.92. The molecule has 0 aromatic carbocycles. The van der Waals surface area contributed by atoms with E-state index in [4.69, 9.17) is 4.74 Å². The maximum atomic E-state index is 10.9. The number of hydrogen-bond acceptors (Lipinski definition) is 2. The second-order valence-corrected chi connectivity index (χ2v) is 14.3. The molecule has 0 radical (unpaired) electrons. The summed E-state index contributed by atoms with van der Waals surface area (Å²) in [5.74, 6) is -0.306. The Kier molecular flexibility index (Phi) is 19.5. The van der Waals surface area contributed by atoms with Crippen LogP contribution in [0.25, 0.3) is 0 Å². The molecule has 0 unspecified atom stereocenters. The Hall–Kier alpha value is 0.650. The Morgan fingerprint density at radius 3 is 1.38 bits per heavy atom. The molecule has 0 aromatic rings. The number of esters is 1. The van der Waals surface area contributed by atoms with Crippen molar-refractivity contribution in [2.45, 2.75) is 105 Å². The van der Waals surface area contributed by atoms with Crippen LogP contribution in [0.15, 0.2) is 12.7 Å². The largest absolute Gasteiger partial charge is 0.463 e. The zero-order valence-electron chi connectivity index (χ0n) is 16.3. The van der Waals surface area contributed by atoms with Gasteiger partial charge < -0.3 is 4.74 Å². The molecule has 0 heterocycles. The molecule has 0 aliphatic heterocycles. The highest BCUT2D eigenvalue weighted by atomic mass is 80.0. The van der Waals surface area contributed by atoms with Gasteiger partial charge in [0.2, 0.25) is 0 Å². The Balaban J connectivity index is 3.07. The van der Waals surface area contributed by atoms with Gasteiger partial charge in [-0.3, -0.25) is 0 Å². The highest BCUT2D eigenvalue weighted by Crippen LogP contribution is 2.38. The number of unbranched alkanes of at least 4 members (excludes halogenated alkanes) is 14. The van der Waals surface area contributed by atoms with Crippen LogP contribution in [-0.2, 0) is 9.53 Å². The molecular formula is C21H37Br3O2. The predicted octanol–water partition coefficient (Wildman–Crippen LogP) is 8.80. The van der Waals surface area contributed by atoms with Crippen LogP contribution in [0, 0.1) is 0 Å². The first-order valence-electron chi connectivity index (χ1n) is 10.3. The first kappa shape index (κ1) is 26.6. The van der Waals surface area contributed by atoms with E-state index in [-0.39, 0.29) is 8.11 Å².